The van der Waals surface area contributed by atoms with Crippen LogP contribution in [0.3, 0.4) is 0 Å². The van der Waals surface area contributed by atoms with E-state index in [-0.39, 0.29) is 0 Å². The second-order valence-corrected chi connectivity index (χ2v) is 7.53. The van der Waals surface area contributed by atoms with Crippen LogP contribution >= 0.6 is 11.3 Å². The molecule has 25 heavy (non-hydrogen) atoms. The van der Waals surface area contributed by atoms with Gasteiger partial charge in [-0.15, -0.1) is 11.3 Å². The lowest BCUT2D eigenvalue weighted by Crippen LogP contribution is -2.41. The molecule has 1 aliphatic rings. The maximum absolute atomic E-state index is 5.88. The summed E-state index contributed by atoms with van der Waals surface area (Å²) in [7, 11) is 0. The van der Waals surface area contributed by atoms with Gasteiger partial charge in [0.1, 0.15) is 5.76 Å². The van der Waals surface area contributed by atoms with Gasteiger partial charge >= 0.3 is 0 Å². The highest BCUT2D eigenvalue weighted by Gasteiger charge is 2.22. The molecule has 0 saturated carbocycles. The number of para-hydroxylation sites is 1. The van der Waals surface area contributed by atoms with E-state index in [4.69, 9.17) is 9.40 Å². The zero-order valence-electron chi connectivity index (χ0n) is 14.4. The Morgan fingerprint density at radius 3 is 2.92 bits per heavy atom. The fourth-order valence-electron chi connectivity index (χ4n) is 3.38. The molecule has 2 aromatic heterocycles. The molecule has 0 spiro atoms. The Balaban J connectivity index is 1.41. The van der Waals surface area contributed by atoms with Crippen LogP contribution in [0.15, 0.2) is 52.3 Å². The molecule has 0 radical (unpaired) electrons. The highest BCUT2D eigenvalue weighted by Crippen LogP contribution is 2.27. The predicted octanol–water partition coefficient (Wildman–Crippen LogP) is 4.79. The third-order valence-electron chi connectivity index (χ3n) is 4.65. The van der Waals surface area contributed by atoms with Gasteiger partial charge in [0.25, 0.3) is 0 Å². The number of anilines is 1. The van der Waals surface area contributed by atoms with Crippen molar-refractivity contribution in [3.05, 3.63) is 59.3 Å². The number of aromatic nitrogens is 1. The van der Waals surface area contributed by atoms with Crippen LogP contribution in [-0.2, 0) is 6.54 Å². The first kappa shape index (κ1) is 16.4. The Morgan fingerprint density at radius 2 is 2.12 bits per heavy atom. The smallest absolute Gasteiger partial charge is 0.236 e. The number of benzene rings is 1. The average molecular weight is 353 g/mol. The summed E-state index contributed by atoms with van der Waals surface area (Å²) in [6.45, 7) is 5.03. The molecule has 1 saturated heterocycles. The van der Waals surface area contributed by atoms with Crippen LogP contribution in [0.4, 0.5) is 5.69 Å². The maximum atomic E-state index is 5.88. The number of nitrogens with zero attached hydrogens (tertiary/aromatic N) is 2. The van der Waals surface area contributed by atoms with Crippen LogP contribution in [0.2, 0.25) is 0 Å². The predicted molar refractivity (Wildman–Crippen MR) is 103 cm³/mol. The molecule has 4 rings (SSSR count). The molecule has 0 unspecified atom stereocenters. The molecule has 0 aliphatic carbocycles. The third kappa shape index (κ3) is 3.94. The van der Waals surface area contributed by atoms with Gasteiger partial charge in [0.15, 0.2) is 0 Å². The van der Waals surface area contributed by atoms with Crippen LogP contribution in [0, 0.1) is 6.92 Å². The van der Waals surface area contributed by atoms with E-state index >= 15 is 0 Å². The van der Waals surface area contributed by atoms with Gasteiger partial charge in [0.05, 0.1) is 10.6 Å². The third-order valence-corrected chi connectivity index (χ3v) is 5.51. The number of rotatable bonds is 5. The van der Waals surface area contributed by atoms with Crippen molar-refractivity contribution >= 4 is 17.0 Å². The topological polar surface area (TPSA) is 41.3 Å². The number of hydrogen-bond acceptors (Lipinski definition) is 5. The summed E-state index contributed by atoms with van der Waals surface area (Å²) in [6, 6.07) is 15.0. The summed E-state index contributed by atoms with van der Waals surface area (Å²) in [6.07, 6.45) is 2.42. The Kier molecular flexibility index (Phi) is 4.85. The van der Waals surface area contributed by atoms with E-state index < -0.39 is 0 Å². The normalized spacial score (nSPS) is 18.4. The van der Waals surface area contributed by atoms with E-state index in [0.29, 0.717) is 6.04 Å². The number of likely N-dealkylation sites (tertiary alicyclic amines) is 1. The lowest BCUT2D eigenvalue weighted by Gasteiger charge is -2.33. The van der Waals surface area contributed by atoms with Gasteiger partial charge in [0.2, 0.25) is 5.89 Å². The number of hydrogen-bond donors (Lipinski definition) is 1. The number of piperidine rings is 1. The quantitative estimate of drug-likeness (QED) is 0.716. The van der Waals surface area contributed by atoms with Gasteiger partial charge in [0, 0.05) is 24.8 Å². The van der Waals surface area contributed by atoms with E-state index in [0.717, 1.165) is 41.9 Å². The number of aryl methyl sites for hydroxylation is 1. The Labute approximate surface area is 152 Å². The van der Waals surface area contributed by atoms with Crippen LogP contribution < -0.4 is 5.32 Å². The summed E-state index contributed by atoms with van der Waals surface area (Å²) in [5, 5.41) is 5.71. The van der Waals surface area contributed by atoms with Gasteiger partial charge in [-0.25, -0.2) is 4.98 Å². The molecule has 4 nitrogen and oxygen atoms in total. The molecule has 3 aromatic rings. The first-order chi connectivity index (χ1) is 12.3. The average Bonchev–Trinajstić information content (AvgIpc) is 3.27. The number of thiophene rings is 1. The minimum Gasteiger partial charge on any atom is -0.440 e. The van der Waals surface area contributed by atoms with Gasteiger partial charge < -0.3 is 9.73 Å². The Hall–Kier alpha value is -2.11. The van der Waals surface area contributed by atoms with Crippen LogP contribution in [0.5, 0.6) is 0 Å². The largest absolute Gasteiger partial charge is 0.440 e. The summed E-state index contributed by atoms with van der Waals surface area (Å²) in [4.78, 5) is 8.31. The van der Waals surface area contributed by atoms with Crippen LogP contribution in [0.25, 0.3) is 10.8 Å². The lowest BCUT2D eigenvalue weighted by molar-refractivity contribution is 0.206. The molecular formula is C20H23N3OS. The van der Waals surface area contributed by atoms with E-state index in [1.54, 1.807) is 11.3 Å². The van der Waals surface area contributed by atoms with E-state index in [2.05, 4.69) is 52.0 Å². The molecule has 1 aromatic carbocycles. The molecule has 1 aliphatic heterocycles. The molecule has 1 N–H and O–H groups in total. The Bertz CT molecular complexity index is 798. The highest BCUT2D eigenvalue weighted by atomic mass is 32.1. The maximum Gasteiger partial charge on any atom is 0.236 e. The van der Waals surface area contributed by atoms with Gasteiger partial charge in [-0.1, -0.05) is 24.3 Å². The van der Waals surface area contributed by atoms with Crippen LogP contribution in [-0.4, -0.2) is 29.0 Å². The molecule has 130 valence electrons. The van der Waals surface area contributed by atoms with E-state index in [1.165, 1.54) is 18.5 Å². The molecular weight excluding hydrogens is 330 g/mol. The van der Waals surface area contributed by atoms with E-state index in [1.807, 2.05) is 13.0 Å². The zero-order valence-corrected chi connectivity index (χ0v) is 15.3. The van der Waals surface area contributed by atoms with Crippen molar-refractivity contribution in [3.8, 4) is 10.8 Å². The van der Waals surface area contributed by atoms with Gasteiger partial charge in [-0.05, 0) is 49.9 Å². The number of oxazole rings is 1. The lowest BCUT2D eigenvalue weighted by atomic mass is 10.0. The molecule has 5 heteroatoms. The molecule has 0 bridgehead atoms. The second-order valence-electron chi connectivity index (χ2n) is 6.58. The SMILES string of the molecule is Cc1oc(-c2cccs2)nc1CN1CCC[C@@H](Nc2ccccc2)C1. The molecule has 1 fully saturated rings. The minimum atomic E-state index is 0.486. The van der Waals surface area contributed by atoms with E-state index in [9.17, 15) is 0 Å². The summed E-state index contributed by atoms with van der Waals surface area (Å²) >= 11 is 1.67. The second kappa shape index (κ2) is 7.42. The van der Waals surface area contributed by atoms with Crippen molar-refractivity contribution in [2.75, 3.05) is 18.4 Å². The molecule has 0 amide bonds. The number of nitrogens with one attached hydrogen (secondary N) is 1. The first-order valence-electron chi connectivity index (χ1n) is 8.82. The van der Waals surface area contributed by atoms with Crippen molar-refractivity contribution < 1.29 is 4.42 Å². The fourth-order valence-corrected chi connectivity index (χ4v) is 4.03. The monoisotopic (exact) mass is 353 g/mol. The summed E-state index contributed by atoms with van der Waals surface area (Å²) in [5.41, 5.74) is 2.26. The van der Waals surface area contributed by atoms with Gasteiger partial charge in [-0.2, -0.15) is 0 Å². The Morgan fingerprint density at radius 1 is 1.24 bits per heavy atom. The fraction of sp³-hybridized carbons (Fsp3) is 0.350. The standard InChI is InChI=1S/C20H23N3OS/c1-15-18(22-20(24-15)19-10-6-12-25-19)14-23-11-5-9-17(13-23)21-16-7-3-2-4-8-16/h2-4,6-8,10,12,17,21H,5,9,11,13-14H2,1H3/t17-/m1/s1. The van der Waals surface area contributed by atoms with Crippen LogP contribution in [0.1, 0.15) is 24.3 Å². The van der Waals surface area contributed by atoms with Crippen molar-refractivity contribution in [3.63, 3.8) is 0 Å². The van der Waals surface area contributed by atoms with Crippen molar-refractivity contribution in [2.24, 2.45) is 0 Å². The zero-order chi connectivity index (χ0) is 17.1. The minimum absolute atomic E-state index is 0.486. The van der Waals surface area contributed by atoms with Crippen molar-refractivity contribution in [1.29, 1.82) is 0 Å². The molecule has 3 heterocycles. The first-order valence-corrected chi connectivity index (χ1v) is 9.70. The molecule has 1 atom stereocenters. The van der Waals surface area contributed by atoms with Gasteiger partial charge in [-0.3, -0.25) is 4.90 Å². The summed E-state index contributed by atoms with van der Waals surface area (Å²) < 4.78 is 5.88. The van der Waals surface area contributed by atoms with Crippen molar-refractivity contribution in [2.45, 2.75) is 32.4 Å². The highest BCUT2D eigenvalue weighted by molar-refractivity contribution is 7.13. The summed E-state index contributed by atoms with van der Waals surface area (Å²) in [5.74, 6) is 1.68. The van der Waals surface area contributed by atoms with Crippen molar-refractivity contribution in [1.82, 2.24) is 9.88 Å².